The standard InChI is InChI=1S/C19H26N4O3S2/c24-18(20-8-3-11-23-9-1-2-10-23)14-4-6-15(7-5-14)21-19-22-16-12-28(25,26)13-17(16)27-19/h4-7,16-17H,1-3,8-13H2,(H,20,24)(H,21,22)/p+1. The summed E-state index contributed by atoms with van der Waals surface area (Å²) in [6.07, 6.45) is 3.66. The molecule has 2 saturated heterocycles. The van der Waals surface area contributed by atoms with E-state index in [-0.39, 0.29) is 28.7 Å². The van der Waals surface area contributed by atoms with Crippen LogP contribution in [0, 0.1) is 0 Å². The van der Waals surface area contributed by atoms with E-state index in [1.165, 1.54) is 37.7 Å². The predicted octanol–water partition coefficient (Wildman–Crippen LogP) is 0.166. The molecular formula is C19H27N4O3S2+. The second-order valence-electron chi connectivity index (χ2n) is 7.75. The molecular weight excluding hydrogens is 396 g/mol. The summed E-state index contributed by atoms with van der Waals surface area (Å²) < 4.78 is 23.3. The Morgan fingerprint density at radius 3 is 2.64 bits per heavy atom. The molecule has 3 aliphatic rings. The Morgan fingerprint density at radius 2 is 1.93 bits per heavy atom. The summed E-state index contributed by atoms with van der Waals surface area (Å²) >= 11 is 1.49. The van der Waals surface area contributed by atoms with E-state index in [1.54, 1.807) is 17.0 Å². The molecule has 3 N–H and O–H groups in total. The molecule has 2 atom stereocenters. The van der Waals surface area contributed by atoms with Gasteiger partial charge in [0.1, 0.15) is 0 Å². The fourth-order valence-corrected chi connectivity index (χ4v) is 7.69. The van der Waals surface area contributed by atoms with Gasteiger partial charge in [-0.1, -0.05) is 11.8 Å². The van der Waals surface area contributed by atoms with Crippen LogP contribution in [0.4, 0.5) is 5.69 Å². The van der Waals surface area contributed by atoms with Crippen LogP contribution in [0.1, 0.15) is 29.6 Å². The summed E-state index contributed by atoms with van der Waals surface area (Å²) in [5.41, 5.74) is 1.49. The second-order valence-corrected chi connectivity index (χ2v) is 11.1. The van der Waals surface area contributed by atoms with Crippen molar-refractivity contribution in [3.8, 4) is 0 Å². The lowest BCUT2D eigenvalue weighted by Crippen LogP contribution is -3.10. The van der Waals surface area contributed by atoms with Crippen molar-refractivity contribution >= 4 is 38.4 Å². The Kier molecular flexibility index (Phi) is 5.93. The zero-order chi connectivity index (χ0) is 19.6. The minimum absolute atomic E-state index is 0.0277. The van der Waals surface area contributed by atoms with E-state index in [1.807, 2.05) is 12.1 Å². The molecule has 2 unspecified atom stereocenters. The van der Waals surface area contributed by atoms with Crippen LogP contribution in [-0.4, -0.2) is 68.5 Å². The Labute approximate surface area is 170 Å². The third kappa shape index (κ3) is 4.87. The fourth-order valence-electron chi connectivity index (χ4n) is 4.01. The van der Waals surface area contributed by atoms with Crippen LogP contribution in [0.5, 0.6) is 0 Å². The second kappa shape index (κ2) is 8.42. The first-order valence-corrected chi connectivity index (χ1v) is 12.6. The number of nitrogens with one attached hydrogen (secondary N) is 3. The topological polar surface area (TPSA) is 92.1 Å². The van der Waals surface area contributed by atoms with Gasteiger partial charge in [0.2, 0.25) is 0 Å². The Morgan fingerprint density at radius 1 is 1.18 bits per heavy atom. The smallest absolute Gasteiger partial charge is 0.251 e. The zero-order valence-electron chi connectivity index (χ0n) is 15.8. The highest BCUT2D eigenvalue weighted by Crippen LogP contribution is 2.34. The number of thioether (sulfide) groups is 1. The van der Waals surface area contributed by atoms with Gasteiger partial charge in [0, 0.05) is 42.3 Å². The van der Waals surface area contributed by atoms with Gasteiger partial charge in [-0.25, -0.2) is 8.42 Å². The van der Waals surface area contributed by atoms with Gasteiger partial charge < -0.3 is 15.5 Å². The molecule has 0 radical (unpaired) electrons. The number of amidine groups is 1. The number of carbonyl (C=O) groups is 1. The van der Waals surface area contributed by atoms with Crippen LogP contribution in [0.25, 0.3) is 0 Å². The van der Waals surface area contributed by atoms with E-state index >= 15 is 0 Å². The van der Waals surface area contributed by atoms with E-state index in [2.05, 4.69) is 15.6 Å². The number of benzene rings is 1. The monoisotopic (exact) mass is 423 g/mol. The molecule has 0 saturated carbocycles. The van der Waals surface area contributed by atoms with Crippen LogP contribution in [0.15, 0.2) is 29.3 Å². The van der Waals surface area contributed by atoms with Gasteiger partial charge >= 0.3 is 0 Å². The molecule has 152 valence electrons. The first-order chi connectivity index (χ1) is 13.5. The molecule has 1 aromatic carbocycles. The number of nitrogens with zero attached hydrogens (tertiary/aromatic N) is 1. The molecule has 0 aliphatic carbocycles. The zero-order valence-corrected chi connectivity index (χ0v) is 17.4. The average molecular weight is 424 g/mol. The normalized spacial score (nSPS) is 26.1. The van der Waals surface area contributed by atoms with Crippen molar-refractivity contribution in [2.75, 3.05) is 43.0 Å². The summed E-state index contributed by atoms with van der Waals surface area (Å²) in [5, 5.41) is 7.01. The maximum Gasteiger partial charge on any atom is 0.251 e. The molecule has 3 heterocycles. The minimum atomic E-state index is -2.93. The largest absolute Gasteiger partial charge is 0.352 e. The van der Waals surface area contributed by atoms with Gasteiger partial charge in [-0.3, -0.25) is 9.79 Å². The number of rotatable bonds is 6. The van der Waals surface area contributed by atoms with Crippen molar-refractivity contribution in [1.82, 2.24) is 5.32 Å². The third-order valence-electron chi connectivity index (χ3n) is 5.52. The van der Waals surface area contributed by atoms with Crippen molar-refractivity contribution < 1.29 is 18.1 Å². The molecule has 2 fully saturated rings. The number of hydrogen-bond donors (Lipinski definition) is 3. The van der Waals surface area contributed by atoms with E-state index < -0.39 is 9.84 Å². The first-order valence-electron chi connectivity index (χ1n) is 9.92. The SMILES string of the molecule is O=C(NCCC[NH+]1CCCC1)c1ccc(NC2=NC3CS(=O)(=O)CC3S2)cc1. The molecule has 1 aromatic rings. The predicted molar refractivity (Wildman–Crippen MR) is 113 cm³/mol. The number of anilines is 1. The van der Waals surface area contributed by atoms with E-state index in [0.717, 1.165) is 23.8 Å². The fraction of sp³-hybridized carbons (Fsp3) is 0.579. The van der Waals surface area contributed by atoms with Crippen molar-refractivity contribution in [1.29, 1.82) is 0 Å². The number of aliphatic imine (C=N–C) groups is 1. The number of likely N-dealkylation sites (tertiary alicyclic amines) is 1. The highest BCUT2D eigenvalue weighted by atomic mass is 32.2. The van der Waals surface area contributed by atoms with Crippen LogP contribution >= 0.6 is 11.8 Å². The molecule has 0 aromatic heterocycles. The lowest BCUT2D eigenvalue weighted by atomic mass is 10.2. The van der Waals surface area contributed by atoms with Gasteiger partial charge in [-0.2, -0.15) is 0 Å². The Balaban J connectivity index is 1.23. The maximum absolute atomic E-state index is 12.3. The van der Waals surface area contributed by atoms with Crippen LogP contribution in [0.2, 0.25) is 0 Å². The molecule has 28 heavy (non-hydrogen) atoms. The highest BCUT2D eigenvalue weighted by Gasteiger charge is 2.42. The third-order valence-corrected chi connectivity index (χ3v) is 8.66. The first kappa shape index (κ1) is 19.7. The Hall–Kier alpha value is -1.58. The van der Waals surface area contributed by atoms with Crippen LogP contribution in [0.3, 0.4) is 0 Å². The van der Waals surface area contributed by atoms with Crippen molar-refractivity contribution in [2.24, 2.45) is 4.99 Å². The van der Waals surface area contributed by atoms with E-state index in [9.17, 15) is 13.2 Å². The van der Waals surface area contributed by atoms with Gasteiger partial charge in [0.05, 0.1) is 37.2 Å². The van der Waals surface area contributed by atoms with Gasteiger partial charge in [-0.15, -0.1) is 0 Å². The van der Waals surface area contributed by atoms with Crippen LogP contribution in [-0.2, 0) is 9.84 Å². The molecule has 9 heteroatoms. The maximum atomic E-state index is 12.3. The van der Waals surface area contributed by atoms with Crippen molar-refractivity contribution in [3.63, 3.8) is 0 Å². The highest BCUT2D eigenvalue weighted by molar-refractivity contribution is 8.15. The summed E-state index contributed by atoms with van der Waals surface area (Å²) in [6, 6.07) is 7.18. The van der Waals surface area contributed by atoms with Gasteiger partial charge in [-0.05, 0) is 24.3 Å². The lowest BCUT2D eigenvalue weighted by molar-refractivity contribution is -0.887. The number of quaternary nitrogens is 1. The number of fused-ring (bicyclic) bond motifs is 1. The molecule has 7 nitrogen and oxygen atoms in total. The Bertz CT molecular complexity index is 848. The summed E-state index contributed by atoms with van der Waals surface area (Å²) in [5.74, 6) is 0.305. The van der Waals surface area contributed by atoms with Crippen molar-refractivity contribution in [3.05, 3.63) is 29.8 Å². The number of carbonyl (C=O) groups excluding carboxylic acids is 1. The van der Waals surface area contributed by atoms with E-state index in [4.69, 9.17) is 0 Å². The summed E-state index contributed by atoms with van der Waals surface area (Å²) in [7, 11) is -2.93. The number of sulfone groups is 1. The summed E-state index contributed by atoms with van der Waals surface area (Å²) in [6.45, 7) is 4.38. The van der Waals surface area contributed by atoms with Crippen LogP contribution < -0.4 is 15.5 Å². The molecule has 0 spiro atoms. The van der Waals surface area contributed by atoms with Crippen molar-refractivity contribution in [2.45, 2.75) is 30.6 Å². The average Bonchev–Trinajstić information content (AvgIpc) is 3.34. The molecule has 0 bridgehead atoms. The molecule has 1 amide bonds. The molecule has 3 aliphatic heterocycles. The summed E-state index contributed by atoms with van der Waals surface area (Å²) in [4.78, 5) is 18.4. The van der Waals surface area contributed by atoms with Gasteiger partial charge in [0.15, 0.2) is 15.0 Å². The number of hydrogen-bond acceptors (Lipinski definition) is 6. The van der Waals surface area contributed by atoms with E-state index in [0.29, 0.717) is 12.1 Å². The number of amides is 1. The quantitative estimate of drug-likeness (QED) is 0.567. The van der Waals surface area contributed by atoms with Gasteiger partial charge in [0.25, 0.3) is 5.91 Å². The molecule has 4 rings (SSSR count). The lowest BCUT2D eigenvalue weighted by Gasteiger charge is -2.12. The minimum Gasteiger partial charge on any atom is -0.352 e.